The van der Waals surface area contributed by atoms with Gasteiger partial charge < -0.3 is 14.3 Å². The Morgan fingerprint density at radius 3 is 2.50 bits per heavy atom. The molecule has 0 spiro atoms. The third-order valence-electron chi connectivity index (χ3n) is 3.90. The standard InChI is InChI=1S/C20H21NO3/c1-22-12-6-3-7-13-24-15-10-11-17-16-8-4-5-9-18(16)20(21-23-2)19(17)14-15/h3-5,7-11,14H,6,12-13H2,1-2H3/b7-3-,21-20-. The van der Waals surface area contributed by atoms with Crippen LogP contribution in [0.1, 0.15) is 17.5 Å². The van der Waals surface area contributed by atoms with Crippen molar-refractivity contribution in [3.05, 3.63) is 65.7 Å². The third-order valence-corrected chi connectivity index (χ3v) is 3.90. The number of rotatable bonds is 7. The molecule has 0 fully saturated rings. The molecule has 4 heteroatoms. The van der Waals surface area contributed by atoms with E-state index >= 15 is 0 Å². The lowest BCUT2D eigenvalue weighted by molar-refractivity contribution is 0.204. The van der Waals surface area contributed by atoms with Crippen LogP contribution in [-0.4, -0.2) is 33.1 Å². The number of hydrogen-bond acceptors (Lipinski definition) is 4. The summed E-state index contributed by atoms with van der Waals surface area (Å²) in [5, 5.41) is 4.21. The number of hydrogen-bond donors (Lipinski definition) is 0. The van der Waals surface area contributed by atoms with Crippen molar-refractivity contribution >= 4 is 5.71 Å². The number of oxime groups is 1. The minimum atomic E-state index is 0.534. The Morgan fingerprint density at radius 1 is 0.917 bits per heavy atom. The average Bonchev–Trinajstić information content (AvgIpc) is 2.92. The van der Waals surface area contributed by atoms with Gasteiger partial charge in [0.2, 0.25) is 0 Å². The molecule has 0 aliphatic heterocycles. The zero-order chi connectivity index (χ0) is 16.8. The molecule has 124 valence electrons. The van der Waals surface area contributed by atoms with Crippen molar-refractivity contribution < 1.29 is 14.3 Å². The minimum Gasteiger partial charge on any atom is -0.490 e. The summed E-state index contributed by atoms with van der Waals surface area (Å²) in [6, 6.07) is 14.3. The Labute approximate surface area is 142 Å². The summed E-state index contributed by atoms with van der Waals surface area (Å²) >= 11 is 0. The molecule has 0 N–H and O–H groups in total. The largest absolute Gasteiger partial charge is 0.490 e. The molecule has 0 heterocycles. The average molecular weight is 323 g/mol. The SMILES string of the molecule is COCC/C=C\COc1ccc2c(c1)/C(=N\OC)c1ccccc1-2. The van der Waals surface area contributed by atoms with Crippen molar-refractivity contribution in [1.29, 1.82) is 0 Å². The molecule has 0 radical (unpaired) electrons. The van der Waals surface area contributed by atoms with Gasteiger partial charge in [-0.1, -0.05) is 41.6 Å². The van der Waals surface area contributed by atoms with Gasteiger partial charge in [0.25, 0.3) is 0 Å². The maximum absolute atomic E-state index is 5.81. The molecule has 0 amide bonds. The maximum atomic E-state index is 5.81. The highest BCUT2D eigenvalue weighted by molar-refractivity contribution is 6.24. The van der Waals surface area contributed by atoms with E-state index in [0.29, 0.717) is 6.61 Å². The topological polar surface area (TPSA) is 40.0 Å². The van der Waals surface area contributed by atoms with E-state index in [2.05, 4.69) is 29.4 Å². The van der Waals surface area contributed by atoms with Crippen LogP contribution in [0.2, 0.25) is 0 Å². The highest BCUT2D eigenvalue weighted by Gasteiger charge is 2.25. The third kappa shape index (κ3) is 3.34. The van der Waals surface area contributed by atoms with Crippen LogP contribution in [0, 0.1) is 0 Å². The monoisotopic (exact) mass is 323 g/mol. The molecular formula is C20H21NO3. The molecule has 2 aromatic rings. The first-order valence-electron chi connectivity index (χ1n) is 7.97. The van der Waals surface area contributed by atoms with Crippen LogP contribution in [0.25, 0.3) is 11.1 Å². The molecular weight excluding hydrogens is 302 g/mol. The molecule has 1 aliphatic carbocycles. The smallest absolute Gasteiger partial charge is 0.120 e. The van der Waals surface area contributed by atoms with E-state index in [-0.39, 0.29) is 0 Å². The van der Waals surface area contributed by atoms with Crippen molar-refractivity contribution in [2.75, 3.05) is 27.4 Å². The Balaban J connectivity index is 1.79. The van der Waals surface area contributed by atoms with Gasteiger partial charge in [0.05, 0.1) is 0 Å². The zero-order valence-electron chi connectivity index (χ0n) is 14.0. The summed E-state index contributed by atoms with van der Waals surface area (Å²) in [7, 11) is 3.27. The van der Waals surface area contributed by atoms with Crippen molar-refractivity contribution in [3.8, 4) is 16.9 Å². The second kappa shape index (κ2) is 7.79. The molecule has 0 saturated heterocycles. The molecule has 24 heavy (non-hydrogen) atoms. The molecule has 0 unspecified atom stereocenters. The number of nitrogens with zero attached hydrogens (tertiary/aromatic N) is 1. The van der Waals surface area contributed by atoms with Gasteiger partial charge in [-0.15, -0.1) is 0 Å². The summed E-state index contributed by atoms with van der Waals surface area (Å²) in [5.74, 6) is 0.821. The van der Waals surface area contributed by atoms with E-state index in [1.807, 2.05) is 30.3 Å². The highest BCUT2D eigenvalue weighted by atomic mass is 16.6. The Bertz CT molecular complexity index is 765. The zero-order valence-corrected chi connectivity index (χ0v) is 14.0. The van der Waals surface area contributed by atoms with Crippen molar-refractivity contribution in [2.24, 2.45) is 5.16 Å². The van der Waals surface area contributed by atoms with Crippen LogP contribution >= 0.6 is 0 Å². The van der Waals surface area contributed by atoms with E-state index in [9.17, 15) is 0 Å². The van der Waals surface area contributed by atoms with Gasteiger partial charge in [-0.25, -0.2) is 0 Å². The van der Waals surface area contributed by atoms with E-state index in [1.165, 1.54) is 5.56 Å². The van der Waals surface area contributed by atoms with E-state index in [1.54, 1.807) is 14.2 Å². The second-order valence-corrected chi connectivity index (χ2v) is 5.44. The van der Waals surface area contributed by atoms with Gasteiger partial charge in [0.15, 0.2) is 0 Å². The van der Waals surface area contributed by atoms with Crippen LogP contribution in [0.15, 0.2) is 59.8 Å². The van der Waals surface area contributed by atoms with Gasteiger partial charge in [0, 0.05) is 24.8 Å². The molecule has 0 aromatic heterocycles. The van der Waals surface area contributed by atoms with Crippen molar-refractivity contribution in [1.82, 2.24) is 0 Å². The van der Waals surface area contributed by atoms with E-state index < -0.39 is 0 Å². The van der Waals surface area contributed by atoms with Crippen LogP contribution in [-0.2, 0) is 9.57 Å². The number of fused-ring (bicyclic) bond motifs is 3. The fourth-order valence-electron chi connectivity index (χ4n) is 2.82. The number of ether oxygens (including phenoxy) is 2. The second-order valence-electron chi connectivity index (χ2n) is 5.44. The van der Waals surface area contributed by atoms with Crippen molar-refractivity contribution in [3.63, 3.8) is 0 Å². The molecule has 0 saturated carbocycles. The van der Waals surface area contributed by atoms with Crippen molar-refractivity contribution in [2.45, 2.75) is 6.42 Å². The Kier molecular flexibility index (Phi) is 5.29. The predicted octanol–water partition coefficient (Wildman–Crippen LogP) is 4.04. The highest BCUT2D eigenvalue weighted by Crippen LogP contribution is 2.38. The van der Waals surface area contributed by atoms with Crippen LogP contribution in [0.5, 0.6) is 5.75 Å². The Hall–Kier alpha value is -2.59. The normalized spacial score (nSPS) is 14.0. The predicted molar refractivity (Wildman–Crippen MR) is 95.7 cm³/mol. The first-order valence-corrected chi connectivity index (χ1v) is 7.97. The fourth-order valence-corrected chi connectivity index (χ4v) is 2.82. The number of benzene rings is 2. The van der Waals surface area contributed by atoms with Crippen LogP contribution in [0.3, 0.4) is 0 Å². The number of methoxy groups -OCH3 is 1. The molecule has 4 nitrogen and oxygen atoms in total. The Morgan fingerprint density at radius 2 is 1.71 bits per heavy atom. The lowest BCUT2D eigenvalue weighted by Gasteiger charge is -2.06. The van der Waals surface area contributed by atoms with Crippen LogP contribution < -0.4 is 4.74 Å². The van der Waals surface area contributed by atoms with Crippen LogP contribution in [0.4, 0.5) is 0 Å². The molecule has 0 atom stereocenters. The minimum absolute atomic E-state index is 0.534. The van der Waals surface area contributed by atoms with E-state index in [4.69, 9.17) is 14.3 Å². The lowest BCUT2D eigenvalue weighted by Crippen LogP contribution is -2.00. The maximum Gasteiger partial charge on any atom is 0.120 e. The summed E-state index contributed by atoms with van der Waals surface area (Å²) in [6.45, 7) is 1.26. The molecule has 2 aromatic carbocycles. The lowest BCUT2D eigenvalue weighted by atomic mass is 10.1. The summed E-state index contributed by atoms with van der Waals surface area (Å²) in [4.78, 5) is 5.04. The van der Waals surface area contributed by atoms with Gasteiger partial charge in [-0.05, 0) is 35.7 Å². The fraction of sp³-hybridized carbons (Fsp3) is 0.250. The molecule has 1 aliphatic rings. The van der Waals surface area contributed by atoms with E-state index in [0.717, 1.165) is 41.2 Å². The summed E-state index contributed by atoms with van der Waals surface area (Å²) < 4.78 is 10.8. The molecule has 0 bridgehead atoms. The van der Waals surface area contributed by atoms with Gasteiger partial charge in [-0.3, -0.25) is 0 Å². The van der Waals surface area contributed by atoms with Gasteiger partial charge >= 0.3 is 0 Å². The quantitative estimate of drug-likeness (QED) is 0.374. The summed E-state index contributed by atoms with van der Waals surface area (Å²) in [6.07, 6.45) is 4.96. The molecule has 3 rings (SSSR count). The van der Waals surface area contributed by atoms with Gasteiger partial charge in [-0.2, -0.15) is 0 Å². The van der Waals surface area contributed by atoms with Gasteiger partial charge in [0.1, 0.15) is 25.2 Å². The summed E-state index contributed by atoms with van der Waals surface area (Å²) in [5.41, 5.74) is 5.31. The first-order chi connectivity index (χ1) is 11.8. The first kappa shape index (κ1) is 16.3.